The molecule has 4 rings (SSSR count). The fraction of sp³-hybridized carbons (Fsp3) is 0.211. The fourth-order valence-corrected chi connectivity index (χ4v) is 4.57. The Labute approximate surface area is 160 Å². The molecule has 3 nitrogen and oxygen atoms in total. The van der Waals surface area contributed by atoms with Gasteiger partial charge in [0.2, 0.25) is 0 Å². The molecule has 2 aliphatic rings. The first-order valence-corrected chi connectivity index (χ1v) is 9.05. The third-order valence-corrected chi connectivity index (χ3v) is 6.16. The number of rotatable bonds is 2. The van der Waals surface area contributed by atoms with Crippen molar-refractivity contribution in [2.24, 2.45) is 5.92 Å². The Hall–Kier alpha value is -1.68. The minimum atomic E-state index is -0.951. The summed E-state index contributed by atoms with van der Waals surface area (Å²) < 4.78 is 0. The van der Waals surface area contributed by atoms with Gasteiger partial charge in [-0.2, -0.15) is 0 Å². The molecule has 6 heteroatoms. The summed E-state index contributed by atoms with van der Waals surface area (Å²) in [6.07, 6.45) is 4.98. The van der Waals surface area contributed by atoms with Crippen LogP contribution in [-0.2, 0) is 0 Å². The van der Waals surface area contributed by atoms with E-state index in [1.54, 1.807) is 18.2 Å². The number of hydrogen-bond donors (Lipinski definition) is 2. The number of halogens is 3. The summed E-state index contributed by atoms with van der Waals surface area (Å²) in [4.78, 5) is 11.7. The summed E-state index contributed by atoms with van der Waals surface area (Å²) in [5.74, 6) is -0.825. The lowest BCUT2D eigenvalue weighted by atomic mass is 9.75. The average molecular weight is 395 g/mol. The molecule has 0 saturated heterocycles. The maximum absolute atomic E-state index is 11.7. The van der Waals surface area contributed by atoms with Crippen LogP contribution in [0.1, 0.15) is 39.9 Å². The smallest absolute Gasteiger partial charge is 0.336 e. The van der Waals surface area contributed by atoms with Gasteiger partial charge >= 0.3 is 5.97 Å². The SMILES string of the molecule is O=C(O)c1ccc(Cl)c2c1[C@@H]1C=CC[C@H]1[C@@H](c1cccc(Cl)c1Cl)N2. The van der Waals surface area contributed by atoms with Gasteiger partial charge in [0.15, 0.2) is 0 Å². The van der Waals surface area contributed by atoms with E-state index in [1.807, 2.05) is 12.1 Å². The lowest BCUT2D eigenvalue weighted by Crippen LogP contribution is -2.31. The molecule has 2 aromatic carbocycles. The van der Waals surface area contributed by atoms with Crippen LogP contribution in [0.4, 0.5) is 5.69 Å². The van der Waals surface area contributed by atoms with Crippen molar-refractivity contribution in [2.45, 2.75) is 18.4 Å². The first-order valence-electron chi connectivity index (χ1n) is 7.92. The van der Waals surface area contributed by atoms with Crippen LogP contribution in [0.3, 0.4) is 0 Å². The van der Waals surface area contributed by atoms with E-state index in [-0.39, 0.29) is 23.4 Å². The van der Waals surface area contributed by atoms with Crippen molar-refractivity contribution in [2.75, 3.05) is 5.32 Å². The fourth-order valence-electron chi connectivity index (χ4n) is 3.93. The molecule has 0 fully saturated rings. The molecule has 0 saturated carbocycles. The van der Waals surface area contributed by atoms with Crippen LogP contribution in [0, 0.1) is 5.92 Å². The van der Waals surface area contributed by atoms with E-state index in [1.165, 1.54) is 0 Å². The van der Waals surface area contributed by atoms with Crippen LogP contribution in [-0.4, -0.2) is 11.1 Å². The molecule has 1 aliphatic carbocycles. The van der Waals surface area contributed by atoms with Gasteiger partial charge in [0.1, 0.15) is 0 Å². The number of anilines is 1. The summed E-state index contributed by atoms with van der Waals surface area (Å²) in [7, 11) is 0. The Morgan fingerprint density at radius 3 is 2.68 bits per heavy atom. The molecule has 2 N–H and O–H groups in total. The Morgan fingerprint density at radius 2 is 1.92 bits per heavy atom. The Bertz CT molecular complexity index is 910. The van der Waals surface area contributed by atoms with Gasteiger partial charge in [0.25, 0.3) is 0 Å². The number of nitrogens with one attached hydrogen (secondary N) is 1. The molecular weight excluding hydrogens is 381 g/mol. The van der Waals surface area contributed by atoms with E-state index < -0.39 is 5.97 Å². The molecule has 0 unspecified atom stereocenters. The Morgan fingerprint density at radius 1 is 1.12 bits per heavy atom. The number of carbonyl (C=O) groups is 1. The highest BCUT2D eigenvalue weighted by atomic mass is 35.5. The van der Waals surface area contributed by atoms with E-state index in [4.69, 9.17) is 34.8 Å². The monoisotopic (exact) mass is 393 g/mol. The third-order valence-electron chi connectivity index (χ3n) is 5.02. The zero-order chi connectivity index (χ0) is 17.7. The predicted molar refractivity (Wildman–Crippen MR) is 101 cm³/mol. The van der Waals surface area contributed by atoms with Crippen molar-refractivity contribution in [3.05, 3.63) is 74.2 Å². The zero-order valence-corrected chi connectivity index (χ0v) is 15.2. The number of benzene rings is 2. The quantitative estimate of drug-likeness (QED) is 0.599. The topological polar surface area (TPSA) is 49.3 Å². The summed E-state index contributed by atoms with van der Waals surface area (Å²) >= 11 is 19.0. The molecule has 0 amide bonds. The highest BCUT2D eigenvalue weighted by Crippen LogP contribution is 2.53. The van der Waals surface area contributed by atoms with E-state index >= 15 is 0 Å². The molecule has 0 bridgehead atoms. The summed E-state index contributed by atoms with van der Waals surface area (Å²) in [5, 5.41) is 14.5. The van der Waals surface area contributed by atoms with E-state index in [0.29, 0.717) is 20.8 Å². The Kier molecular flexibility index (Phi) is 4.19. The van der Waals surface area contributed by atoms with Gasteiger partial charge in [0, 0.05) is 5.92 Å². The van der Waals surface area contributed by atoms with Crippen LogP contribution in [0.5, 0.6) is 0 Å². The van der Waals surface area contributed by atoms with Gasteiger partial charge in [-0.25, -0.2) is 4.79 Å². The summed E-state index contributed by atoms with van der Waals surface area (Å²) in [6.45, 7) is 0. The maximum atomic E-state index is 11.7. The zero-order valence-electron chi connectivity index (χ0n) is 13.0. The summed E-state index contributed by atoms with van der Waals surface area (Å²) in [6, 6.07) is 8.66. The van der Waals surface area contributed by atoms with Gasteiger partial charge < -0.3 is 10.4 Å². The van der Waals surface area contributed by atoms with Crippen molar-refractivity contribution in [1.82, 2.24) is 0 Å². The Balaban J connectivity index is 1.90. The second-order valence-corrected chi connectivity index (χ2v) is 7.50. The van der Waals surface area contributed by atoms with Crippen LogP contribution in [0.2, 0.25) is 15.1 Å². The molecule has 2 aromatic rings. The second-order valence-electron chi connectivity index (χ2n) is 6.31. The molecule has 128 valence electrons. The number of fused-ring (bicyclic) bond motifs is 3. The van der Waals surface area contributed by atoms with Gasteiger partial charge in [0.05, 0.1) is 32.4 Å². The predicted octanol–water partition coefficient (Wildman–Crippen LogP) is 6.17. The van der Waals surface area contributed by atoms with Gasteiger partial charge in [-0.3, -0.25) is 0 Å². The number of carboxylic acid groups (broad SMARTS) is 1. The average Bonchev–Trinajstić information content (AvgIpc) is 3.07. The minimum Gasteiger partial charge on any atom is -0.478 e. The van der Waals surface area contributed by atoms with Crippen molar-refractivity contribution in [1.29, 1.82) is 0 Å². The molecule has 0 spiro atoms. The second kappa shape index (κ2) is 6.24. The first kappa shape index (κ1) is 16.8. The number of aromatic carboxylic acids is 1. The molecule has 3 atom stereocenters. The summed E-state index contributed by atoms with van der Waals surface area (Å²) in [5.41, 5.74) is 2.59. The standard InChI is InChI=1S/C19H14Cl3NO2/c20-13-6-2-5-12(16(13)22)17-10-4-1-3-9(10)15-11(19(24)25)7-8-14(21)18(15)23-17/h1-3,5-10,17,23H,4H2,(H,24,25)/t9-,10-,17+/m1/s1. The maximum Gasteiger partial charge on any atom is 0.336 e. The van der Waals surface area contributed by atoms with Crippen LogP contribution >= 0.6 is 34.8 Å². The first-order chi connectivity index (χ1) is 12.0. The number of carboxylic acids is 1. The molecule has 25 heavy (non-hydrogen) atoms. The number of hydrogen-bond acceptors (Lipinski definition) is 2. The lowest BCUT2D eigenvalue weighted by molar-refractivity contribution is 0.0695. The van der Waals surface area contributed by atoms with Crippen molar-refractivity contribution < 1.29 is 9.90 Å². The molecule has 0 aromatic heterocycles. The van der Waals surface area contributed by atoms with Gasteiger partial charge in [-0.1, -0.05) is 59.1 Å². The minimum absolute atomic E-state index is 0.0268. The molecule has 1 heterocycles. The lowest BCUT2D eigenvalue weighted by Gasteiger charge is -2.39. The molecule has 0 radical (unpaired) electrons. The number of allylic oxidation sites excluding steroid dienone is 2. The van der Waals surface area contributed by atoms with Crippen molar-refractivity contribution in [3.63, 3.8) is 0 Å². The van der Waals surface area contributed by atoms with Crippen molar-refractivity contribution >= 4 is 46.5 Å². The highest BCUT2D eigenvalue weighted by Gasteiger charge is 2.41. The third kappa shape index (κ3) is 2.62. The van der Waals surface area contributed by atoms with E-state index in [2.05, 4.69) is 17.5 Å². The normalized spacial score (nSPS) is 23.7. The van der Waals surface area contributed by atoms with E-state index in [0.717, 1.165) is 17.5 Å². The highest BCUT2D eigenvalue weighted by molar-refractivity contribution is 6.42. The van der Waals surface area contributed by atoms with E-state index in [9.17, 15) is 9.90 Å². The molecule has 1 aliphatic heterocycles. The van der Waals surface area contributed by atoms with Gasteiger partial charge in [-0.15, -0.1) is 0 Å². The molecular formula is C19H14Cl3NO2. The van der Waals surface area contributed by atoms with Crippen LogP contribution in [0.15, 0.2) is 42.5 Å². The largest absolute Gasteiger partial charge is 0.478 e. The van der Waals surface area contributed by atoms with Crippen molar-refractivity contribution in [3.8, 4) is 0 Å². The van der Waals surface area contributed by atoms with Gasteiger partial charge in [-0.05, 0) is 41.7 Å². The van der Waals surface area contributed by atoms with Crippen LogP contribution in [0.25, 0.3) is 0 Å². The van der Waals surface area contributed by atoms with Crippen LogP contribution < -0.4 is 5.32 Å².